The largest absolute Gasteiger partial charge is 0.478 e. The zero-order valence-corrected chi connectivity index (χ0v) is 12.8. The number of hydrogen-bond acceptors (Lipinski definition) is 5. The first kappa shape index (κ1) is 16.5. The summed E-state index contributed by atoms with van der Waals surface area (Å²) in [5.41, 5.74) is 0.931. The molecule has 0 saturated carbocycles. The van der Waals surface area contributed by atoms with Crippen LogP contribution in [0.4, 0.5) is 5.69 Å². The highest BCUT2D eigenvalue weighted by molar-refractivity contribution is 7.90. The summed E-state index contributed by atoms with van der Waals surface area (Å²) >= 11 is 0. The minimum atomic E-state index is -3.44. The maximum atomic E-state index is 11.9. The minimum Gasteiger partial charge on any atom is -0.478 e. The number of anilines is 1. The van der Waals surface area contributed by atoms with Gasteiger partial charge in [-0.25, -0.2) is 13.2 Å². The average molecular weight is 301 g/mol. The van der Waals surface area contributed by atoms with Crippen LogP contribution in [-0.2, 0) is 14.6 Å². The number of rotatable bonds is 6. The first-order valence-electron chi connectivity index (χ1n) is 5.97. The number of aromatic carboxylic acids is 1. The molecule has 0 fully saturated rings. The van der Waals surface area contributed by atoms with Gasteiger partial charge in [0.1, 0.15) is 0 Å². The number of methoxy groups -OCH3 is 1. The second-order valence-corrected chi connectivity index (χ2v) is 6.56. The van der Waals surface area contributed by atoms with Crippen LogP contribution in [0.5, 0.6) is 0 Å². The maximum Gasteiger partial charge on any atom is 0.336 e. The second kappa shape index (κ2) is 6.23. The smallest absolute Gasteiger partial charge is 0.336 e. The van der Waals surface area contributed by atoms with E-state index in [0.29, 0.717) is 24.4 Å². The number of carboxylic acid groups (broad SMARTS) is 1. The summed E-state index contributed by atoms with van der Waals surface area (Å²) in [6.45, 7) is 2.48. The quantitative estimate of drug-likeness (QED) is 0.849. The van der Waals surface area contributed by atoms with Gasteiger partial charge in [-0.1, -0.05) is 0 Å². The van der Waals surface area contributed by atoms with Gasteiger partial charge in [0, 0.05) is 27.0 Å². The zero-order chi connectivity index (χ0) is 15.5. The third-order valence-electron chi connectivity index (χ3n) is 3.04. The van der Waals surface area contributed by atoms with E-state index in [9.17, 15) is 13.2 Å². The van der Waals surface area contributed by atoms with E-state index in [1.165, 1.54) is 12.1 Å². The third-order valence-corrected chi connectivity index (χ3v) is 4.16. The van der Waals surface area contributed by atoms with Crippen molar-refractivity contribution in [2.75, 3.05) is 38.5 Å². The van der Waals surface area contributed by atoms with Crippen LogP contribution in [0.15, 0.2) is 17.0 Å². The Bertz CT molecular complexity index is 609. The van der Waals surface area contributed by atoms with Crippen LogP contribution in [0.2, 0.25) is 0 Å². The highest BCUT2D eigenvalue weighted by Crippen LogP contribution is 2.30. The van der Waals surface area contributed by atoms with Crippen LogP contribution in [0.25, 0.3) is 0 Å². The fourth-order valence-corrected chi connectivity index (χ4v) is 3.00. The molecule has 0 radical (unpaired) electrons. The van der Waals surface area contributed by atoms with E-state index >= 15 is 0 Å². The molecule has 0 saturated heterocycles. The van der Waals surface area contributed by atoms with Gasteiger partial charge in [-0.2, -0.15) is 0 Å². The molecule has 1 N–H and O–H groups in total. The van der Waals surface area contributed by atoms with Crippen molar-refractivity contribution in [3.63, 3.8) is 0 Å². The molecule has 0 atom stereocenters. The lowest BCUT2D eigenvalue weighted by atomic mass is 10.1. The fourth-order valence-electron chi connectivity index (χ4n) is 2.02. The first-order valence-corrected chi connectivity index (χ1v) is 7.86. The molecule has 1 aromatic carbocycles. The third kappa shape index (κ3) is 3.49. The van der Waals surface area contributed by atoms with Crippen LogP contribution >= 0.6 is 0 Å². The summed E-state index contributed by atoms with van der Waals surface area (Å²) in [5, 5.41) is 9.15. The van der Waals surface area contributed by atoms with E-state index in [1.807, 2.05) is 0 Å². The molecule has 20 heavy (non-hydrogen) atoms. The van der Waals surface area contributed by atoms with Crippen molar-refractivity contribution in [2.45, 2.75) is 11.8 Å². The Balaban J connectivity index is 3.49. The van der Waals surface area contributed by atoms with Crippen molar-refractivity contribution in [3.8, 4) is 0 Å². The summed E-state index contributed by atoms with van der Waals surface area (Å²) in [4.78, 5) is 13.0. The molecule has 0 bridgehead atoms. The molecular weight excluding hydrogens is 282 g/mol. The molecule has 7 heteroatoms. The standard InChI is InChI=1S/C13H19NO5S/c1-9-10(13(15)16)5-6-11(20(4,17)18)12(9)14(2)7-8-19-3/h5-6H,7-8H2,1-4H3,(H,15,16). The van der Waals surface area contributed by atoms with Gasteiger partial charge in [0.05, 0.1) is 22.8 Å². The van der Waals surface area contributed by atoms with Gasteiger partial charge in [0.15, 0.2) is 9.84 Å². The first-order chi connectivity index (χ1) is 9.20. The molecule has 112 valence electrons. The van der Waals surface area contributed by atoms with E-state index in [2.05, 4.69) is 0 Å². The number of hydrogen-bond donors (Lipinski definition) is 1. The molecule has 0 aromatic heterocycles. The van der Waals surface area contributed by atoms with Crippen molar-refractivity contribution in [2.24, 2.45) is 0 Å². The Morgan fingerprint density at radius 1 is 1.40 bits per heavy atom. The number of carbonyl (C=O) groups is 1. The molecule has 0 amide bonds. The topological polar surface area (TPSA) is 83.9 Å². The highest BCUT2D eigenvalue weighted by Gasteiger charge is 2.22. The fraction of sp³-hybridized carbons (Fsp3) is 0.462. The van der Waals surface area contributed by atoms with Crippen LogP contribution in [0, 0.1) is 6.92 Å². The predicted octanol–water partition coefficient (Wildman–Crippen LogP) is 1.18. The van der Waals surface area contributed by atoms with Gasteiger partial charge >= 0.3 is 5.97 Å². The lowest BCUT2D eigenvalue weighted by molar-refractivity contribution is 0.0696. The molecule has 0 spiro atoms. The lowest BCUT2D eigenvalue weighted by Gasteiger charge is -2.24. The monoisotopic (exact) mass is 301 g/mol. The average Bonchev–Trinajstić information content (AvgIpc) is 2.33. The van der Waals surface area contributed by atoms with Crippen molar-refractivity contribution in [1.82, 2.24) is 0 Å². The van der Waals surface area contributed by atoms with Crippen molar-refractivity contribution in [1.29, 1.82) is 0 Å². The molecule has 6 nitrogen and oxygen atoms in total. The van der Waals surface area contributed by atoms with Crippen molar-refractivity contribution < 1.29 is 23.1 Å². The van der Waals surface area contributed by atoms with E-state index in [1.54, 1.807) is 26.0 Å². The summed E-state index contributed by atoms with van der Waals surface area (Å²) < 4.78 is 28.7. The van der Waals surface area contributed by atoms with Gasteiger partial charge in [0.25, 0.3) is 0 Å². The molecule has 0 heterocycles. The number of nitrogens with zero attached hydrogens (tertiary/aromatic N) is 1. The molecule has 0 aliphatic heterocycles. The Morgan fingerprint density at radius 3 is 2.45 bits per heavy atom. The lowest BCUT2D eigenvalue weighted by Crippen LogP contribution is -2.25. The molecule has 1 aromatic rings. The Kier molecular flexibility index (Phi) is 5.13. The summed E-state index contributed by atoms with van der Waals surface area (Å²) in [6.07, 6.45) is 1.11. The predicted molar refractivity (Wildman–Crippen MR) is 76.4 cm³/mol. The molecular formula is C13H19NO5S. The minimum absolute atomic E-state index is 0.0941. The number of ether oxygens (including phenoxy) is 1. The van der Waals surface area contributed by atoms with E-state index in [4.69, 9.17) is 9.84 Å². The number of likely N-dealkylation sites (N-methyl/N-ethyl adjacent to an activating group) is 1. The Hall–Kier alpha value is -1.60. The number of benzene rings is 1. The summed E-state index contributed by atoms with van der Waals surface area (Å²) in [7, 11) is -0.186. The van der Waals surface area contributed by atoms with Crippen molar-refractivity contribution >= 4 is 21.5 Å². The number of carboxylic acids is 1. The van der Waals surface area contributed by atoms with Gasteiger partial charge in [-0.15, -0.1) is 0 Å². The van der Waals surface area contributed by atoms with Gasteiger partial charge in [-0.3, -0.25) is 0 Å². The zero-order valence-electron chi connectivity index (χ0n) is 12.0. The van der Waals surface area contributed by atoms with Crippen LogP contribution in [0.1, 0.15) is 15.9 Å². The SMILES string of the molecule is COCCN(C)c1c(S(C)(=O)=O)ccc(C(=O)O)c1C. The van der Waals surface area contributed by atoms with E-state index in [0.717, 1.165) is 6.26 Å². The van der Waals surface area contributed by atoms with Crippen molar-refractivity contribution in [3.05, 3.63) is 23.3 Å². The van der Waals surface area contributed by atoms with Crippen LogP contribution in [-0.4, -0.2) is 53.1 Å². The Morgan fingerprint density at radius 2 is 2.00 bits per heavy atom. The van der Waals surface area contributed by atoms with Crippen LogP contribution in [0.3, 0.4) is 0 Å². The van der Waals surface area contributed by atoms with E-state index < -0.39 is 15.8 Å². The highest BCUT2D eigenvalue weighted by atomic mass is 32.2. The summed E-state index contributed by atoms with van der Waals surface area (Å²) in [5.74, 6) is -1.08. The maximum absolute atomic E-state index is 11.9. The van der Waals surface area contributed by atoms with Gasteiger partial charge < -0.3 is 14.7 Å². The van der Waals surface area contributed by atoms with Gasteiger partial charge in [-0.05, 0) is 24.6 Å². The van der Waals surface area contributed by atoms with Crippen LogP contribution < -0.4 is 4.90 Å². The second-order valence-electron chi connectivity index (χ2n) is 4.58. The molecule has 1 rings (SSSR count). The number of sulfone groups is 1. The molecule has 0 aliphatic rings. The summed E-state index contributed by atoms with van der Waals surface area (Å²) in [6, 6.07) is 2.66. The normalized spacial score (nSPS) is 11.4. The molecule has 0 aliphatic carbocycles. The Labute approximate surface area is 118 Å². The van der Waals surface area contributed by atoms with E-state index in [-0.39, 0.29) is 10.5 Å². The molecule has 0 unspecified atom stereocenters. The van der Waals surface area contributed by atoms with Gasteiger partial charge in [0.2, 0.25) is 0 Å².